The molecule has 0 aliphatic heterocycles. The zero-order valence-electron chi connectivity index (χ0n) is 11.7. The third kappa shape index (κ3) is 3.82. The number of rotatable bonds is 5. The van der Waals surface area contributed by atoms with Crippen LogP contribution in [0.2, 0.25) is 0 Å². The van der Waals surface area contributed by atoms with E-state index in [0.29, 0.717) is 5.56 Å². The van der Waals surface area contributed by atoms with Crippen LogP contribution in [0.3, 0.4) is 0 Å². The Balaban J connectivity index is 2.10. The van der Waals surface area contributed by atoms with E-state index in [1.807, 2.05) is 0 Å². The molecule has 8 nitrogen and oxygen atoms in total. The molecule has 0 amide bonds. The molecule has 23 heavy (non-hydrogen) atoms. The maximum Gasteiger partial charge on any atom is 0.339 e. The molecule has 0 saturated carbocycles. The van der Waals surface area contributed by atoms with Crippen LogP contribution in [0.1, 0.15) is 26.3 Å². The highest BCUT2D eigenvalue weighted by Gasteiger charge is 2.10. The number of phenols is 2. The van der Waals surface area contributed by atoms with Crippen molar-refractivity contribution in [1.29, 1.82) is 0 Å². The van der Waals surface area contributed by atoms with Crippen LogP contribution in [-0.2, 0) is 6.54 Å². The van der Waals surface area contributed by atoms with Crippen molar-refractivity contribution in [3.63, 3.8) is 0 Å². The summed E-state index contributed by atoms with van der Waals surface area (Å²) in [6.07, 6.45) is 0. The van der Waals surface area contributed by atoms with E-state index in [0.717, 1.165) is 6.07 Å². The molecule has 0 heterocycles. The van der Waals surface area contributed by atoms with E-state index < -0.39 is 17.7 Å². The average Bonchev–Trinajstić information content (AvgIpc) is 2.46. The Hall–Kier alpha value is -3.42. The molecule has 2 aromatic carbocycles. The van der Waals surface area contributed by atoms with Gasteiger partial charge in [-0.2, -0.15) is 10.2 Å². The fraction of sp³-hybridized carbons (Fsp3) is 0.0667. The summed E-state index contributed by atoms with van der Waals surface area (Å²) in [6, 6.07) is 7.78. The van der Waals surface area contributed by atoms with Crippen molar-refractivity contribution < 1.29 is 30.0 Å². The first-order valence-electron chi connectivity index (χ1n) is 6.37. The summed E-state index contributed by atoms with van der Waals surface area (Å²) in [6.45, 7) is 0.0783. The molecule has 0 radical (unpaired) electrons. The maximum atomic E-state index is 10.8. The first-order valence-corrected chi connectivity index (χ1v) is 6.37. The summed E-state index contributed by atoms with van der Waals surface area (Å²) in [7, 11) is 0. The van der Waals surface area contributed by atoms with Crippen LogP contribution < -0.4 is 0 Å². The van der Waals surface area contributed by atoms with E-state index in [1.54, 1.807) is 0 Å². The van der Waals surface area contributed by atoms with Gasteiger partial charge in [0, 0.05) is 6.07 Å². The lowest BCUT2D eigenvalue weighted by atomic mass is 10.1. The Labute approximate surface area is 130 Å². The number of hydrogen-bond acceptors (Lipinski definition) is 6. The fourth-order valence-corrected chi connectivity index (χ4v) is 1.82. The lowest BCUT2D eigenvalue weighted by Gasteiger charge is -2.02. The molecule has 0 aliphatic rings. The molecule has 0 unspecified atom stereocenters. The highest BCUT2D eigenvalue weighted by atomic mass is 16.4. The van der Waals surface area contributed by atoms with Crippen LogP contribution in [0.4, 0.5) is 5.69 Å². The van der Waals surface area contributed by atoms with E-state index in [-0.39, 0.29) is 29.1 Å². The van der Waals surface area contributed by atoms with Crippen molar-refractivity contribution in [2.24, 2.45) is 10.2 Å². The topological polar surface area (TPSA) is 140 Å². The second-order valence-electron chi connectivity index (χ2n) is 4.56. The summed E-state index contributed by atoms with van der Waals surface area (Å²) in [4.78, 5) is 21.5. The zero-order valence-corrected chi connectivity index (χ0v) is 11.7. The summed E-state index contributed by atoms with van der Waals surface area (Å²) < 4.78 is 0. The number of carbonyl (C=O) groups is 2. The molecular weight excluding hydrogens is 304 g/mol. The summed E-state index contributed by atoms with van der Waals surface area (Å²) in [5, 5.41) is 44.3. The van der Waals surface area contributed by atoms with Crippen LogP contribution in [0.5, 0.6) is 11.5 Å². The largest absolute Gasteiger partial charge is 0.507 e. The van der Waals surface area contributed by atoms with Crippen LogP contribution in [-0.4, -0.2) is 32.4 Å². The SMILES string of the molecule is O=C(O)c1ccc(CN=Nc2ccc(C(=O)O)c(O)c2)cc1O. The second kappa shape index (κ2) is 6.56. The van der Waals surface area contributed by atoms with Gasteiger partial charge in [-0.15, -0.1) is 0 Å². The molecule has 118 valence electrons. The molecule has 2 aromatic rings. The van der Waals surface area contributed by atoms with Gasteiger partial charge in [-0.05, 0) is 29.8 Å². The van der Waals surface area contributed by atoms with Crippen LogP contribution >= 0.6 is 0 Å². The van der Waals surface area contributed by atoms with Gasteiger partial charge >= 0.3 is 11.9 Å². The van der Waals surface area contributed by atoms with Gasteiger partial charge in [0.15, 0.2) is 0 Å². The van der Waals surface area contributed by atoms with Crippen molar-refractivity contribution in [1.82, 2.24) is 0 Å². The highest BCUT2D eigenvalue weighted by Crippen LogP contribution is 2.25. The lowest BCUT2D eigenvalue weighted by molar-refractivity contribution is 0.0682. The highest BCUT2D eigenvalue weighted by molar-refractivity contribution is 5.91. The molecule has 0 bridgehead atoms. The van der Waals surface area contributed by atoms with Crippen LogP contribution in [0.25, 0.3) is 0 Å². The second-order valence-corrected chi connectivity index (χ2v) is 4.56. The molecule has 0 atom stereocenters. The number of aromatic carboxylic acids is 2. The summed E-state index contributed by atoms with van der Waals surface area (Å²) in [5.41, 5.74) is 0.361. The fourth-order valence-electron chi connectivity index (χ4n) is 1.82. The molecule has 0 fully saturated rings. The van der Waals surface area contributed by atoms with Crippen LogP contribution in [0, 0.1) is 0 Å². The quantitative estimate of drug-likeness (QED) is 0.625. The van der Waals surface area contributed by atoms with Gasteiger partial charge in [-0.25, -0.2) is 9.59 Å². The van der Waals surface area contributed by atoms with Crippen molar-refractivity contribution in [3.05, 3.63) is 53.1 Å². The zero-order chi connectivity index (χ0) is 17.0. The Morgan fingerprint density at radius 3 is 1.96 bits per heavy atom. The number of carboxylic acids is 2. The number of nitrogens with zero attached hydrogens (tertiary/aromatic N) is 2. The summed E-state index contributed by atoms with van der Waals surface area (Å²) >= 11 is 0. The monoisotopic (exact) mass is 316 g/mol. The minimum absolute atomic E-state index is 0.0783. The van der Waals surface area contributed by atoms with E-state index in [1.165, 1.54) is 30.3 Å². The summed E-state index contributed by atoms with van der Waals surface area (Å²) in [5.74, 6) is -3.27. The van der Waals surface area contributed by atoms with E-state index in [2.05, 4.69) is 10.2 Å². The Morgan fingerprint density at radius 1 is 0.870 bits per heavy atom. The van der Waals surface area contributed by atoms with Gasteiger partial charge < -0.3 is 20.4 Å². The van der Waals surface area contributed by atoms with Crippen LogP contribution in [0.15, 0.2) is 46.6 Å². The van der Waals surface area contributed by atoms with Crippen molar-refractivity contribution in [3.8, 4) is 11.5 Å². The maximum absolute atomic E-state index is 10.8. The van der Waals surface area contributed by atoms with E-state index in [9.17, 15) is 19.8 Å². The molecule has 0 aromatic heterocycles. The lowest BCUT2D eigenvalue weighted by Crippen LogP contribution is -1.97. The van der Waals surface area contributed by atoms with Gasteiger partial charge in [-0.1, -0.05) is 6.07 Å². The smallest absolute Gasteiger partial charge is 0.339 e. The predicted molar refractivity (Wildman–Crippen MR) is 78.4 cm³/mol. The number of aromatic hydroxyl groups is 2. The Bertz CT molecular complexity index is 801. The first-order chi connectivity index (χ1) is 10.9. The molecular formula is C15H12N2O6. The van der Waals surface area contributed by atoms with Gasteiger partial charge in [0.05, 0.1) is 12.2 Å². The normalized spacial score (nSPS) is 10.8. The predicted octanol–water partition coefficient (Wildman–Crippen LogP) is 2.78. The standard InChI is InChI=1S/C15H12N2O6/c18-12-5-8(1-3-10(12)14(20)21)7-16-17-9-2-4-11(15(22)23)13(19)6-9/h1-6,18-19H,7H2,(H,20,21)(H,22,23). The van der Waals surface area contributed by atoms with Crippen molar-refractivity contribution in [2.75, 3.05) is 0 Å². The molecule has 0 aliphatic carbocycles. The van der Waals surface area contributed by atoms with Crippen molar-refractivity contribution >= 4 is 17.6 Å². The number of azo groups is 1. The minimum Gasteiger partial charge on any atom is -0.507 e. The molecule has 2 rings (SSSR count). The minimum atomic E-state index is -1.25. The van der Waals surface area contributed by atoms with Gasteiger partial charge in [-0.3, -0.25) is 0 Å². The average molecular weight is 316 g/mol. The number of benzene rings is 2. The number of hydrogen-bond donors (Lipinski definition) is 4. The third-order valence-electron chi connectivity index (χ3n) is 2.94. The van der Waals surface area contributed by atoms with Gasteiger partial charge in [0.25, 0.3) is 0 Å². The van der Waals surface area contributed by atoms with Crippen molar-refractivity contribution in [2.45, 2.75) is 6.54 Å². The Morgan fingerprint density at radius 2 is 1.43 bits per heavy atom. The first kappa shape index (κ1) is 16.0. The van der Waals surface area contributed by atoms with E-state index in [4.69, 9.17) is 10.2 Å². The molecule has 0 saturated heterocycles. The Kier molecular flexibility index (Phi) is 4.55. The molecule has 4 N–H and O–H groups in total. The van der Waals surface area contributed by atoms with E-state index >= 15 is 0 Å². The van der Waals surface area contributed by atoms with Gasteiger partial charge in [0.1, 0.15) is 22.6 Å². The third-order valence-corrected chi connectivity index (χ3v) is 2.94. The molecule has 0 spiro atoms. The molecule has 8 heteroatoms. The van der Waals surface area contributed by atoms with Gasteiger partial charge in [0.2, 0.25) is 0 Å². The number of carboxylic acid groups (broad SMARTS) is 2.